The molecule has 282 valence electrons. The van der Waals surface area contributed by atoms with Crippen LogP contribution in [-0.4, -0.2) is 120 Å². The molecule has 0 unspecified atom stereocenters. The second-order valence-electron chi connectivity index (χ2n) is 16.7. The van der Waals surface area contributed by atoms with Crippen LogP contribution in [0.15, 0.2) is 6.20 Å². The van der Waals surface area contributed by atoms with Gasteiger partial charge in [0.15, 0.2) is 28.8 Å². The first kappa shape index (κ1) is 39.5. The summed E-state index contributed by atoms with van der Waals surface area (Å²) < 4.78 is 52.6. The number of rotatable bonds is 13. The molecule has 5 rings (SSSR count). The van der Waals surface area contributed by atoms with Crippen molar-refractivity contribution in [1.82, 2.24) is 19.7 Å². The first-order valence-electron chi connectivity index (χ1n) is 17.5. The lowest BCUT2D eigenvalue weighted by atomic mass is 10.1. The molecule has 2 aromatic rings. The molecule has 1 amide bonds. The van der Waals surface area contributed by atoms with E-state index in [4.69, 9.17) is 40.0 Å². The lowest BCUT2D eigenvalue weighted by Gasteiger charge is -2.36. The Balaban J connectivity index is 1.45. The third-order valence-corrected chi connectivity index (χ3v) is 13.6. The van der Waals surface area contributed by atoms with Crippen LogP contribution in [0.3, 0.4) is 0 Å². The van der Waals surface area contributed by atoms with Crippen LogP contribution in [0.25, 0.3) is 11.0 Å². The third kappa shape index (κ3) is 8.74. The summed E-state index contributed by atoms with van der Waals surface area (Å²) in [6.45, 7) is 18.9. The Hall–Kier alpha value is -1.68. The number of carbonyl (C=O) groups is 1. The zero-order valence-corrected chi connectivity index (χ0v) is 33.8. The van der Waals surface area contributed by atoms with Crippen molar-refractivity contribution >= 4 is 49.8 Å². The van der Waals surface area contributed by atoms with Gasteiger partial charge in [0.1, 0.15) is 31.1 Å². The van der Waals surface area contributed by atoms with Gasteiger partial charge in [0.25, 0.3) is 0 Å². The average Bonchev–Trinajstić information content (AvgIpc) is 3.75. The second-order valence-corrected chi connectivity index (χ2v) is 26.2. The standard InChI is InChI=1S/C33H55ClN5O9PSi/c1-31(2,3)48-30(41)38(21-13-11-12-14-21)26-22-17-35-39(27(22)37-29(34)36-26)28-25-24(46-32(4,5)47-25)23(45-28)18-44-33(19-40,49(6,7)42)20-43-15-16-50(8,9)10/h17,21,23-25,28,40H,11-16,18-20H2,1-10H3/t23-,24-,25-,28-,33+/m1/s1. The number of halogens is 1. The highest BCUT2D eigenvalue weighted by Gasteiger charge is 2.57. The summed E-state index contributed by atoms with van der Waals surface area (Å²) in [4.78, 5) is 24.3. The van der Waals surface area contributed by atoms with Gasteiger partial charge in [0.05, 0.1) is 31.4 Å². The quantitative estimate of drug-likeness (QED) is 0.106. The number of nitrogens with zero attached hydrogens (tertiary/aromatic N) is 5. The number of anilines is 1. The van der Waals surface area contributed by atoms with Crippen LogP contribution >= 0.6 is 18.7 Å². The summed E-state index contributed by atoms with van der Waals surface area (Å²) in [5.74, 6) is -0.639. The van der Waals surface area contributed by atoms with Crippen LogP contribution in [0.2, 0.25) is 31.0 Å². The summed E-state index contributed by atoms with van der Waals surface area (Å²) in [6.07, 6.45) is 1.88. The fourth-order valence-electron chi connectivity index (χ4n) is 6.59. The van der Waals surface area contributed by atoms with E-state index in [0.29, 0.717) is 23.5 Å². The van der Waals surface area contributed by atoms with E-state index in [1.807, 2.05) is 34.6 Å². The SMILES string of the molecule is CC(C)(C)OC(=O)N(c1nc(Cl)nc2c1cnn2[C@@H]1O[C@H](CO[C@](CO)(COCC[Si](C)(C)C)P(C)(C)=O)[C@H]2OC(C)(C)O[C@H]21)C1CCCC1. The molecule has 0 spiro atoms. The minimum atomic E-state index is -3.05. The summed E-state index contributed by atoms with van der Waals surface area (Å²) in [7, 11) is -4.42. The predicted octanol–water partition coefficient (Wildman–Crippen LogP) is 6.26. The van der Waals surface area contributed by atoms with Crippen molar-refractivity contribution in [3.05, 3.63) is 11.5 Å². The molecular formula is C33H55ClN5O9PSi. The number of fused-ring (bicyclic) bond motifs is 2. The molecule has 2 aliphatic heterocycles. The lowest BCUT2D eigenvalue weighted by Crippen LogP contribution is -2.45. The maximum atomic E-state index is 13.7. The van der Waals surface area contributed by atoms with Crippen molar-refractivity contribution in [2.75, 3.05) is 44.7 Å². The maximum absolute atomic E-state index is 13.7. The van der Waals surface area contributed by atoms with E-state index in [-0.39, 0.29) is 24.5 Å². The minimum absolute atomic E-state index is 0.0253. The van der Waals surface area contributed by atoms with Crippen molar-refractivity contribution in [2.24, 2.45) is 0 Å². The molecule has 3 fully saturated rings. The minimum Gasteiger partial charge on any atom is -0.443 e. The van der Waals surface area contributed by atoms with E-state index >= 15 is 0 Å². The molecule has 1 aliphatic carbocycles. The molecule has 50 heavy (non-hydrogen) atoms. The predicted molar refractivity (Wildman–Crippen MR) is 193 cm³/mol. The van der Waals surface area contributed by atoms with Crippen LogP contribution in [0.5, 0.6) is 0 Å². The number of hydrogen-bond acceptors (Lipinski definition) is 12. The summed E-state index contributed by atoms with van der Waals surface area (Å²) in [5, 5.41) is 14.2. The van der Waals surface area contributed by atoms with E-state index in [9.17, 15) is 14.5 Å². The first-order chi connectivity index (χ1) is 23.1. The Labute approximate surface area is 301 Å². The monoisotopic (exact) mass is 759 g/mol. The Morgan fingerprint density at radius 2 is 1.82 bits per heavy atom. The number of carbonyl (C=O) groups excluding carboxylic acids is 1. The van der Waals surface area contributed by atoms with Gasteiger partial charge >= 0.3 is 6.09 Å². The van der Waals surface area contributed by atoms with Crippen LogP contribution in [-0.2, 0) is 33.0 Å². The molecule has 0 aromatic carbocycles. The highest BCUT2D eigenvalue weighted by molar-refractivity contribution is 7.63. The molecule has 0 radical (unpaired) electrons. The normalized spacial score (nSPS) is 25.6. The van der Waals surface area contributed by atoms with Crippen molar-refractivity contribution in [3.63, 3.8) is 0 Å². The average molecular weight is 760 g/mol. The van der Waals surface area contributed by atoms with Gasteiger partial charge in [-0.15, -0.1) is 0 Å². The van der Waals surface area contributed by atoms with Gasteiger partial charge in [-0.3, -0.25) is 4.90 Å². The molecule has 2 aromatic heterocycles. The van der Waals surface area contributed by atoms with Gasteiger partial charge in [-0.05, 0) is 78.4 Å². The maximum Gasteiger partial charge on any atom is 0.416 e. The largest absolute Gasteiger partial charge is 0.443 e. The molecule has 5 atom stereocenters. The Morgan fingerprint density at radius 1 is 1.16 bits per heavy atom. The highest BCUT2D eigenvalue weighted by Crippen LogP contribution is 2.53. The van der Waals surface area contributed by atoms with Crippen LogP contribution in [0, 0.1) is 0 Å². The van der Waals surface area contributed by atoms with Crippen molar-refractivity contribution in [3.8, 4) is 0 Å². The van der Waals surface area contributed by atoms with E-state index in [0.717, 1.165) is 31.7 Å². The topological polar surface area (TPSA) is 157 Å². The number of ether oxygens (including phenoxy) is 6. The number of aromatic nitrogens is 4. The van der Waals surface area contributed by atoms with E-state index in [2.05, 4.69) is 34.7 Å². The van der Waals surface area contributed by atoms with E-state index in [1.165, 1.54) is 0 Å². The molecule has 17 heteroatoms. The van der Waals surface area contributed by atoms with Crippen LogP contribution < -0.4 is 4.90 Å². The van der Waals surface area contributed by atoms with Gasteiger partial charge in [0.2, 0.25) is 5.28 Å². The number of amides is 1. The summed E-state index contributed by atoms with van der Waals surface area (Å²) in [5.41, 5.74) is -0.376. The van der Waals surface area contributed by atoms with E-state index in [1.54, 1.807) is 29.1 Å². The molecule has 0 bridgehead atoms. The van der Waals surface area contributed by atoms with Crippen molar-refractivity contribution in [2.45, 2.75) is 133 Å². The Kier molecular flexibility index (Phi) is 11.6. The van der Waals surface area contributed by atoms with Gasteiger partial charge in [0, 0.05) is 20.7 Å². The Bertz CT molecular complexity index is 1570. The second kappa shape index (κ2) is 14.6. The summed E-state index contributed by atoms with van der Waals surface area (Å²) >= 11 is 6.55. The fourth-order valence-corrected chi connectivity index (χ4v) is 8.63. The number of aliphatic hydroxyl groups is 1. The zero-order valence-electron chi connectivity index (χ0n) is 31.1. The van der Waals surface area contributed by atoms with Gasteiger partial charge in [-0.2, -0.15) is 15.1 Å². The highest BCUT2D eigenvalue weighted by atomic mass is 35.5. The van der Waals surface area contributed by atoms with Crippen LogP contribution in [0.1, 0.15) is 66.5 Å². The third-order valence-electron chi connectivity index (χ3n) is 9.35. The number of hydrogen-bond donors (Lipinski definition) is 1. The smallest absolute Gasteiger partial charge is 0.416 e. The lowest BCUT2D eigenvalue weighted by molar-refractivity contribution is -0.208. The molecule has 1 saturated carbocycles. The molecular weight excluding hydrogens is 705 g/mol. The van der Waals surface area contributed by atoms with Crippen LogP contribution in [0.4, 0.5) is 10.6 Å². The first-order valence-corrected chi connectivity index (χ1v) is 24.1. The molecule has 2 saturated heterocycles. The zero-order chi connectivity index (χ0) is 36.9. The Morgan fingerprint density at radius 3 is 2.42 bits per heavy atom. The van der Waals surface area contributed by atoms with E-state index < -0.39 is 69.2 Å². The molecule has 3 aliphatic rings. The summed E-state index contributed by atoms with van der Waals surface area (Å²) in [6, 6.07) is 0.801. The number of aliphatic hydroxyl groups excluding tert-OH is 1. The van der Waals surface area contributed by atoms with Crippen molar-refractivity contribution in [1.29, 1.82) is 0 Å². The fraction of sp³-hybridized carbons (Fsp3) is 0.818. The van der Waals surface area contributed by atoms with Gasteiger partial charge in [-0.25, -0.2) is 9.48 Å². The molecule has 1 N–H and O–H groups in total. The van der Waals surface area contributed by atoms with Gasteiger partial charge in [-0.1, -0.05) is 32.5 Å². The van der Waals surface area contributed by atoms with Gasteiger partial charge < -0.3 is 38.1 Å². The molecule has 14 nitrogen and oxygen atoms in total. The molecule has 4 heterocycles. The van der Waals surface area contributed by atoms with Crippen molar-refractivity contribution < 1.29 is 42.9 Å².